The van der Waals surface area contributed by atoms with E-state index >= 15 is 0 Å². The Bertz CT molecular complexity index is 421. The van der Waals surface area contributed by atoms with Crippen LogP contribution in [0.1, 0.15) is 50.5 Å². The molecule has 0 spiro atoms. The molecule has 1 aliphatic carbocycles. The van der Waals surface area contributed by atoms with Crippen molar-refractivity contribution >= 4 is 0 Å². The van der Waals surface area contributed by atoms with Gasteiger partial charge in [0, 0.05) is 0 Å². The van der Waals surface area contributed by atoms with Crippen molar-refractivity contribution in [2.75, 3.05) is 20.2 Å². The minimum atomic E-state index is -0.164. The molecule has 0 amide bonds. The lowest BCUT2D eigenvalue weighted by molar-refractivity contribution is 0.287. The van der Waals surface area contributed by atoms with Gasteiger partial charge in [0.25, 0.3) is 0 Å². The number of ether oxygens (including phenoxy) is 1. The van der Waals surface area contributed by atoms with Gasteiger partial charge >= 0.3 is 0 Å². The number of nitrogens with one attached hydrogen (secondary N) is 1. The van der Waals surface area contributed by atoms with Crippen molar-refractivity contribution in [3.8, 4) is 5.75 Å². The predicted octanol–water partition coefficient (Wildman–Crippen LogP) is 4.11. The highest BCUT2D eigenvalue weighted by atomic mass is 19.1. The monoisotopic (exact) mass is 279 g/mol. The van der Waals surface area contributed by atoms with Gasteiger partial charge in [-0.3, -0.25) is 0 Å². The standard InChI is InChI=1S/C17H26FNO/c1-3-11-19-12-13-7-4-5-8-14(13)15-9-6-10-16(20-2)17(15)18/h6,9-10,13-14,19H,3-5,7-8,11-12H2,1-2H3. The van der Waals surface area contributed by atoms with Crippen molar-refractivity contribution < 1.29 is 9.13 Å². The van der Waals surface area contributed by atoms with Crippen LogP contribution in [0.2, 0.25) is 0 Å². The summed E-state index contributed by atoms with van der Waals surface area (Å²) in [5.74, 6) is 1.07. The van der Waals surface area contributed by atoms with E-state index in [1.165, 1.54) is 26.4 Å². The number of rotatable bonds is 6. The van der Waals surface area contributed by atoms with E-state index in [4.69, 9.17) is 4.74 Å². The van der Waals surface area contributed by atoms with Crippen LogP contribution in [0.3, 0.4) is 0 Å². The first-order valence-electron chi connectivity index (χ1n) is 7.81. The summed E-state index contributed by atoms with van der Waals surface area (Å²) in [6.45, 7) is 4.21. The van der Waals surface area contributed by atoms with Crippen molar-refractivity contribution in [3.63, 3.8) is 0 Å². The van der Waals surface area contributed by atoms with Crippen molar-refractivity contribution in [2.24, 2.45) is 5.92 Å². The lowest BCUT2D eigenvalue weighted by Gasteiger charge is -2.32. The second-order valence-electron chi connectivity index (χ2n) is 5.72. The normalized spacial score (nSPS) is 22.8. The average molecular weight is 279 g/mol. The second kappa shape index (κ2) is 7.63. The first kappa shape index (κ1) is 15.3. The lowest BCUT2D eigenvalue weighted by atomic mass is 9.75. The first-order valence-corrected chi connectivity index (χ1v) is 7.81. The molecule has 1 aliphatic rings. The molecule has 1 aromatic rings. The van der Waals surface area contributed by atoms with Gasteiger partial charge in [-0.05, 0) is 55.8 Å². The number of methoxy groups -OCH3 is 1. The Balaban J connectivity index is 2.14. The maximum atomic E-state index is 14.5. The molecule has 0 saturated heterocycles. The summed E-state index contributed by atoms with van der Waals surface area (Å²) in [7, 11) is 1.53. The van der Waals surface area contributed by atoms with Gasteiger partial charge in [-0.25, -0.2) is 4.39 Å². The summed E-state index contributed by atoms with van der Waals surface area (Å²) in [6, 6.07) is 5.54. The van der Waals surface area contributed by atoms with Crippen LogP contribution in [0.15, 0.2) is 18.2 Å². The zero-order chi connectivity index (χ0) is 14.4. The molecule has 1 aromatic carbocycles. The van der Waals surface area contributed by atoms with Gasteiger partial charge in [0.1, 0.15) is 0 Å². The largest absolute Gasteiger partial charge is 0.494 e. The molecule has 0 radical (unpaired) electrons. The van der Waals surface area contributed by atoms with Crippen LogP contribution in [-0.4, -0.2) is 20.2 Å². The van der Waals surface area contributed by atoms with Gasteiger partial charge in [-0.1, -0.05) is 31.9 Å². The fourth-order valence-electron chi connectivity index (χ4n) is 3.30. The van der Waals surface area contributed by atoms with E-state index in [9.17, 15) is 4.39 Å². The van der Waals surface area contributed by atoms with Gasteiger partial charge in [-0.15, -0.1) is 0 Å². The van der Waals surface area contributed by atoms with E-state index in [2.05, 4.69) is 12.2 Å². The maximum Gasteiger partial charge on any atom is 0.168 e. The summed E-state index contributed by atoms with van der Waals surface area (Å²) >= 11 is 0. The molecule has 0 bridgehead atoms. The van der Waals surface area contributed by atoms with Gasteiger partial charge in [0.2, 0.25) is 0 Å². The molecular formula is C17H26FNO. The smallest absolute Gasteiger partial charge is 0.168 e. The molecule has 2 unspecified atom stereocenters. The highest BCUT2D eigenvalue weighted by Crippen LogP contribution is 2.40. The summed E-state index contributed by atoms with van der Waals surface area (Å²) < 4.78 is 19.6. The van der Waals surface area contributed by atoms with Crippen molar-refractivity contribution in [1.29, 1.82) is 0 Å². The Morgan fingerprint density at radius 1 is 1.30 bits per heavy atom. The Labute approximate surface area is 121 Å². The van der Waals surface area contributed by atoms with Gasteiger partial charge < -0.3 is 10.1 Å². The van der Waals surface area contributed by atoms with E-state index in [0.29, 0.717) is 17.6 Å². The van der Waals surface area contributed by atoms with E-state index < -0.39 is 0 Å². The van der Waals surface area contributed by atoms with E-state index in [-0.39, 0.29) is 5.82 Å². The third kappa shape index (κ3) is 3.51. The van der Waals surface area contributed by atoms with Crippen LogP contribution >= 0.6 is 0 Å². The van der Waals surface area contributed by atoms with Crippen molar-refractivity contribution in [1.82, 2.24) is 5.32 Å². The van der Waals surface area contributed by atoms with Gasteiger partial charge in [0.05, 0.1) is 7.11 Å². The Morgan fingerprint density at radius 3 is 2.85 bits per heavy atom. The highest BCUT2D eigenvalue weighted by molar-refractivity contribution is 5.34. The molecule has 2 rings (SSSR count). The van der Waals surface area contributed by atoms with Crippen LogP contribution in [0.25, 0.3) is 0 Å². The average Bonchev–Trinajstić information content (AvgIpc) is 2.48. The Morgan fingerprint density at radius 2 is 2.10 bits per heavy atom. The molecule has 1 N–H and O–H groups in total. The minimum Gasteiger partial charge on any atom is -0.494 e. The lowest BCUT2D eigenvalue weighted by Crippen LogP contribution is -2.30. The SMILES string of the molecule is CCCNCC1CCCCC1c1cccc(OC)c1F. The number of halogens is 1. The number of hydrogen-bond acceptors (Lipinski definition) is 2. The molecular weight excluding hydrogens is 253 g/mol. The summed E-state index contributed by atoms with van der Waals surface area (Å²) in [4.78, 5) is 0. The summed E-state index contributed by atoms with van der Waals surface area (Å²) in [5.41, 5.74) is 0.840. The Kier molecular flexibility index (Phi) is 5.84. The first-order chi connectivity index (χ1) is 9.77. The molecule has 2 atom stereocenters. The molecule has 2 nitrogen and oxygen atoms in total. The summed E-state index contributed by atoms with van der Waals surface area (Å²) in [6.07, 6.45) is 5.89. The molecule has 112 valence electrons. The zero-order valence-electron chi connectivity index (χ0n) is 12.6. The van der Waals surface area contributed by atoms with Crippen molar-refractivity contribution in [2.45, 2.75) is 44.9 Å². The maximum absolute atomic E-state index is 14.5. The molecule has 0 heterocycles. The fraction of sp³-hybridized carbons (Fsp3) is 0.647. The van der Waals surface area contributed by atoms with Crippen LogP contribution in [-0.2, 0) is 0 Å². The van der Waals surface area contributed by atoms with Crippen LogP contribution in [0.5, 0.6) is 5.75 Å². The molecule has 3 heteroatoms. The molecule has 1 saturated carbocycles. The molecule has 0 aliphatic heterocycles. The van der Waals surface area contributed by atoms with Crippen LogP contribution in [0, 0.1) is 11.7 Å². The van der Waals surface area contributed by atoms with Crippen LogP contribution < -0.4 is 10.1 Å². The van der Waals surface area contributed by atoms with Gasteiger partial charge in [-0.2, -0.15) is 0 Å². The molecule has 1 fully saturated rings. The highest BCUT2D eigenvalue weighted by Gasteiger charge is 2.29. The number of benzene rings is 1. The van der Waals surface area contributed by atoms with Crippen molar-refractivity contribution in [3.05, 3.63) is 29.6 Å². The van der Waals surface area contributed by atoms with E-state index in [0.717, 1.165) is 31.5 Å². The summed E-state index contributed by atoms with van der Waals surface area (Å²) in [5, 5.41) is 3.50. The quantitative estimate of drug-likeness (QED) is 0.791. The van der Waals surface area contributed by atoms with Crippen LogP contribution in [0.4, 0.5) is 4.39 Å². The van der Waals surface area contributed by atoms with E-state index in [1.54, 1.807) is 6.07 Å². The third-order valence-electron chi connectivity index (χ3n) is 4.35. The zero-order valence-corrected chi connectivity index (χ0v) is 12.6. The second-order valence-corrected chi connectivity index (χ2v) is 5.72. The molecule has 0 aromatic heterocycles. The van der Waals surface area contributed by atoms with Gasteiger partial charge in [0.15, 0.2) is 11.6 Å². The topological polar surface area (TPSA) is 21.3 Å². The van der Waals surface area contributed by atoms with E-state index in [1.807, 2.05) is 12.1 Å². The Hall–Kier alpha value is -1.09. The molecule has 20 heavy (non-hydrogen) atoms. The fourth-order valence-corrected chi connectivity index (χ4v) is 3.30. The minimum absolute atomic E-state index is 0.164. The number of hydrogen-bond donors (Lipinski definition) is 1. The third-order valence-corrected chi connectivity index (χ3v) is 4.35. The predicted molar refractivity (Wildman–Crippen MR) is 80.8 cm³/mol.